The molecule has 0 aliphatic rings. The van der Waals surface area contributed by atoms with Crippen LogP contribution < -0.4 is 0 Å². The van der Waals surface area contributed by atoms with Crippen molar-refractivity contribution in [2.24, 2.45) is 0 Å². The van der Waals surface area contributed by atoms with E-state index in [-0.39, 0.29) is 23.4 Å². The van der Waals surface area contributed by atoms with Crippen LogP contribution in [0.2, 0.25) is 4.34 Å². The van der Waals surface area contributed by atoms with E-state index in [0.717, 1.165) is 16.9 Å². The molecule has 1 aromatic rings. The number of sulfonamides is 1. The number of hydrogen-bond donors (Lipinski definition) is 1. The molecule has 0 spiro atoms. The van der Waals surface area contributed by atoms with Gasteiger partial charge in [-0.2, -0.15) is 4.31 Å². The summed E-state index contributed by atoms with van der Waals surface area (Å²) in [5.41, 5.74) is 0.763. The lowest BCUT2D eigenvalue weighted by atomic mass is 10.2. The lowest BCUT2D eigenvalue weighted by molar-refractivity contribution is 0.220. The summed E-state index contributed by atoms with van der Waals surface area (Å²) >= 11 is 7.02. The second kappa shape index (κ2) is 7.04. The van der Waals surface area contributed by atoms with Gasteiger partial charge in [0.1, 0.15) is 4.21 Å². The number of aliphatic hydroxyl groups excluding tert-OH is 1. The van der Waals surface area contributed by atoms with Crippen molar-refractivity contribution in [3.63, 3.8) is 0 Å². The predicted octanol–water partition coefficient (Wildman–Crippen LogP) is 2.88. The van der Waals surface area contributed by atoms with E-state index in [9.17, 15) is 8.42 Å². The van der Waals surface area contributed by atoms with Crippen molar-refractivity contribution >= 4 is 33.0 Å². The molecule has 19 heavy (non-hydrogen) atoms. The van der Waals surface area contributed by atoms with Gasteiger partial charge in [0.15, 0.2) is 0 Å². The summed E-state index contributed by atoms with van der Waals surface area (Å²) in [6, 6.07) is 1.49. The highest BCUT2D eigenvalue weighted by Gasteiger charge is 2.31. The van der Waals surface area contributed by atoms with Gasteiger partial charge >= 0.3 is 0 Å². The highest BCUT2D eigenvalue weighted by Crippen LogP contribution is 2.33. The van der Waals surface area contributed by atoms with Crippen molar-refractivity contribution < 1.29 is 13.5 Å². The van der Waals surface area contributed by atoms with Crippen LogP contribution in [0.3, 0.4) is 0 Å². The van der Waals surface area contributed by atoms with Crippen LogP contribution in [0, 0.1) is 6.92 Å². The zero-order chi connectivity index (χ0) is 14.6. The standard InChI is InChI=1S/C12H20ClNO3S2/c1-4-10(5-2)14(6-7-15)19(16,17)11-8-9(3)12(13)18-11/h8,10,15H,4-7H2,1-3H3. The second-order valence-electron chi connectivity index (χ2n) is 4.33. The normalized spacial score (nSPS) is 12.6. The van der Waals surface area contributed by atoms with Crippen LogP contribution in [0.1, 0.15) is 32.3 Å². The molecule has 0 radical (unpaired) electrons. The maximum Gasteiger partial charge on any atom is 0.252 e. The molecule has 0 fully saturated rings. The Bertz CT molecular complexity index is 490. The minimum atomic E-state index is -3.58. The monoisotopic (exact) mass is 325 g/mol. The molecule has 0 aromatic carbocycles. The Morgan fingerprint density at radius 2 is 2.00 bits per heavy atom. The van der Waals surface area contributed by atoms with Crippen LogP contribution in [0.25, 0.3) is 0 Å². The molecule has 4 nitrogen and oxygen atoms in total. The largest absolute Gasteiger partial charge is 0.395 e. The van der Waals surface area contributed by atoms with Gasteiger partial charge in [-0.1, -0.05) is 25.4 Å². The summed E-state index contributed by atoms with van der Waals surface area (Å²) < 4.78 is 27.3. The van der Waals surface area contributed by atoms with Gasteiger partial charge in [0.2, 0.25) is 0 Å². The molecular weight excluding hydrogens is 306 g/mol. The number of aryl methyl sites for hydroxylation is 1. The maximum atomic E-state index is 12.6. The summed E-state index contributed by atoms with van der Waals surface area (Å²) in [6.07, 6.45) is 1.43. The Kier molecular flexibility index (Phi) is 6.26. The molecule has 0 aliphatic carbocycles. The van der Waals surface area contributed by atoms with E-state index in [0.29, 0.717) is 17.2 Å². The summed E-state index contributed by atoms with van der Waals surface area (Å²) in [4.78, 5) is 0. The van der Waals surface area contributed by atoms with Crippen LogP contribution >= 0.6 is 22.9 Å². The molecule has 1 N–H and O–H groups in total. The molecular formula is C12H20ClNO3S2. The molecule has 0 atom stereocenters. The third-order valence-corrected chi connectivity index (χ3v) is 7.02. The van der Waals surface area contributed by atoms with Crippen molar-refractivity contribution in [2.45, 2.75) is 43.9 Å². The fourth-order valence-corrected chi connectivity index (χ4v) is 5.57. The van der Waals surface area contributed by atoms with E-state index in [1.54, 1.807) is 13.0 Å². The fourth-order valence-electron chi connectivity index (χ4n) is 1.97. The summed E-state index contributed by atoms with van der Waals surface area (Å²) in [7, 11) is -3.58. The van der Waals surface area contributed by atoms with Crippen molar-refractivity contribution in [3.05, 3.63) is 16.0 Å². The fraction of sp³-hybridized carbons (Fsp3) is 0.667. The Labute approximate surface area is 124 Å². The molecule has 0 saturated heterocycles. The van der Waals surface area contributed by atoms with E-state index in [1.807, 2.05) is 13.8 Å². The summed E-state index contributed by atoms with van der Waals surface area (Å²) in [6.45, 7) is 5.60. The van der Waals surface area contributed by atoms with Gasteiger partial charge in [0.25, 0.3) is 10.0 Å². The lowest BCUT2D eigenvalue weighted by Gasteiger charge is -2.28. The molecule has 1 rings (SSSR count). The average molecular weight is 326 g/mol. The van der Waals surface area contributed by atoms with Crippen LogP contribution in [-0.2, 0) is 10.0 Å². The smallest absolute Gasteiger partial charge is 0.252 e. The highest BCUT2D eigenvalue weighted by atomic mass is 35.5. The number of nitrogens with zero attached hydrogens (tertiary/aromatic N) is 1. The molecule has 0 bridgehead atoms. The van der Waals surface area contributed by atoms with E-state index < -0.39 is 10.0 Å². The highest BCUT2D eigenvalue weighted by molar-refractivity contribution is 7.91. The first kappa shape index (κ1) is 16.9. The van der Waals surface area contributed by atoms with Gasteiger partial charge in [-0.3, -0.25) is 0 Å². The first-order valence-electron chi connectivity index (χ1n) is 6.27. The van der Waals surface area contributed by atoms with Crippen LogP contribution in [0.4, 0.5) is 0 Å². The SMILES string of the molecule is CCC(CC)N(CCO)S(=O)(=O)c1cc(C)c(Cl)s1. The summed E-state index contributed by atoms with van der Waals surface area (Å²) in [5.74, 6) is 0. The average Bonchev–Trinajstić information content (AvgIpc) is 2.70. The van der Waals surface area contributed by atoms with Gasteiger partial charge in [-0.25, -0.2) is 8.42 Å². The summed E-state index contributed by atoms with van der Waals surface area (Å²) in [5, 5.41) is 9.12. The first-order chi connectivity index (χ1) is 8.88. The molecule has 1 heterocycles. The van der Waals surface area contributed by atoms with Gasteiger partial charge in [0, 0.05) is 12.6 Å². The van der Waals surface area contributed by atoms with Crippen molar-refractivity contribution in [2.75, 3.05) is 13.2 Å². The number of rotatable bonds is 7. The quantitative estimate of drug-likeness (QED) is 0.838. The van der Waals surface area contributed by atoms with Crippen molar-refractivity contribution in [1.82, 2.24) is 4.31 Å². The first-order valence-corrected chi connectivity index (χ1v) is 8.90. The molecule has 110 valence electrons. The minimum Gasteiger partial charge on any atom is -0.395 e. The topological polar surface area (TPSA) is 57.6 Å². The Hall–Kier alpha value is -0.140. The van der Waals surface area contributed by atoms with Crippen molar-refractivity contribution in [1.29, 1.82) is 0 Å². The van der Waals surface area contributed by atoms with Gasteiger partial charge in [0.05, 0.1) is 10.9 Å². The van der Waals surface area contributed by atoms with Gasteiger partial charge < -0.3 is 5.11 Å². The molecule has 1 aromatic heterocycles. The van der Waals surface area contributed by atoms with Gasteiger partial charge in [-0.15, -0.1) is 11.3 Å². The molecule has 7 heteroatoms. The number of hydrogen-bond acceptors (Lipinski definition) is 4. The van der Waals surface area contributed by atoms with E-state index >= 15 is 0 Å². The van der Waals surface area contributed by atoms with E-state index in [1.165, 1.54) is 4.31 Å². The van der Waals surface area contributed by atoms with Gasteiger partial charge in [-0.05, 0) is 31.4 Å². The Morgan fingerprint density at radius 3 is 2.37 bits per heavy atom. The molecule has 0 aliphatic heterocycles. The molecule has 0 saturated carbocycles. The van der Waals surface area contributed by atoms with Crippen LogP contribution in [0.5, 0.6) is 0 Å². The zero-order valence-electron chi connectivity index (χ0n) is 11.4. The third-order valence-electron chi connectivity index (χ3n) is 3.07. The number of halogens is 1. The van der Waals surface area contributed by atoms with Crippen molar-refractivity contribution in [3.8, 4) is 0 Å². The number of aliphatic hydroxyl groups is 1. The van der Waals surface area contributed by atoms with E-state index in [2.05, 4.69) is 0 Å². The van der Waals surface area contributed by atoms with Crippen LogP contribution in [0.15, 0.2) is 10.3 Å². The molecule has 0 unspecified atom stereocenters. The Balaban J connectivity index is 3.19. The minimum absolute atomic E-state index is 0.0988. The predicted molar refractivity (Wildman–Crippen MR) is 79.4 cm³/mol. The third kappa shape index (κ3) is 3.70. The number of thiophene rings is 1. The Morgan fingerprint density at radius 1 is 1.42 bits per heavy atom. The van der Waals surface area contributed by atoms with E-state index in [4.69, 9.17) is 16.7 Å². The maximum absolute atomic E-state index is 12.6. The zero-order valence-corrected chi connectivity index (χ0v) is 13.8. The van der Waals surface area contributed by atoms with Crippen LogP contribution in [-0.4, -0.2) is 37.0 Å². The molecule has 0 amide bonds. The lowest BCUT2D eigenvalue weighted by Crippen LogP contribution is -2.41. The second-order valence-corrected chi connectivity index (χ2v) is 8.10.